The average Bonchev–Trinajstić information content (AvgIpc) is 2.91. The third kappa shape index (κ3) is 6.13. The number of aryl methyl sites for hydroxylation is 1. The van der Waals surface area contributed by atoms with Crippen LogP contribution in [0.15, 0.2) is 83.9 Å². The zero-order valence-electron chi connectivity index (χ0n) is 20.0. The Morgan fingerprint density at radius 2 is 1.81 bits per heavy atom. The van der Waals surface area contributed by atoms with Gasteiger partial charge in [0.2, 0.25) is 0 Å². The summed E-state index contributed by atoms with van der Waals surface area (Å²) in [7, 11) is -4.35. The number of aliphatic hydroxyl groups is 1. The second-order valence-corrected chi connectivity index (χ2v) is 9.73. The fourth-order valence-corrected chi connectivity index (χ4v) is 4.69. The summed E-state index contributed by atoms with van der Waals surface area (Å²) >= 11 is 0. The van der Waals surface area contributed by atoms with Crippen LogP contribution in [0.2, 0.25) is 0 Å². The van der Waals surface area contributed by atoms with Crippen LogP contribution < -0.4 is 10.1 Å². The molecule has 0 aliphatic heterocycles. The van der Waals surface area contributed by atoms with E-state index in [0.29, 0.717) is 40.2 Å². The first kappa shape index (κ1) is 25.9. The minimum atomic E-state index is -4.35. The summed E-state index contributed by atoms with van der Waals surface area (Å²) in [4.78, 5) is 4.27. The van der Waals surface area contributed by atoms with E-state index < -0.39 is 10.1 Å². The monoisotopic (exact) mass is 515 g/mol. The van der Waals surface area contributed by atoms with Crippen molar-refractivity contribution in [1.29, 1.82) is 5.26 Å². The van der Waals surface area contributed by atoms with Gasteiger partial charge in [-0.1, -0.05) is 42.5 Å². The third-order valence-electron chi connectivity index (χ3n) is 5.85. The third-order valence-corrected chi connectivity index (χ3v) is 6.76. The molecule has 0 aliphatic rings. The lowest BCUT2D eigenvalue weighted by atomic mass is 10.0. The van der Waals surface area contributed by atoms with Crippen molar-refractivity contribution in [3.05, 3.63) is 107 Å². The van der Waals surface area contributed by atoms with Crippen molar-refractivity contribution in [1.82, 2.24) is 4.98 Å². The normalized spacial score (nSPS) is 11.1. The van der Waals surface area contributed by atoms with Crippen LogP contribution in [0.5, 0.6) is 5.75 Å². The SMILES string of the molecule is Cc1ncc(CNc2ccc(-c3ccccc3S(=O)(=O)O)cc2)c(CO)c1OCc1cccc(C#N)c1. The van der Waals surface area contributed by atoms with Gasteiger partial charge in [0.05, 0.1) is 23.9 Å². The Labute approximate surface area is 215 Å². The van der Waals surface area contributed by atoms with Crippen LogP contribution in [0, 0.1) is 18.3 Å². The molecule has 0 spiro atoms. The van der Waals surface area contributed by atoms with Crippen LogP contribution in [0.25, 0.3) is 11.1 Å². The Bertz CT molecular complexity index is 1560. The number of aromatic nitrogens is 1. The quantitative estimate of drug-likeness (QED) is 0.269. The molecule has 3 aromatic carbocycles. The van der Waals surface area contributed by atoms with E-state index in [0.717, 1.165) is 16.8 Å². The zero-order valence-corrected chi connectivity index (χ0v) is 20.9. The number of hydrogen-bond acceptors (Lipinski definition) is 7. The van der Waals surface area contributed by atoms with Gasteiger partial charge in [-0.15, -0.1) is 0 Å². The number of aliphatic hydroxyl groups excluding tert-OH is 1. The Kier molecular flexibility index (Phi) is 7.84. The molecule has 0 bridgehead atoms. The highest BCUT2D eigenvalue weighted by molar-refractivity contribution is 7.86. The number of anilines is 1. The summed E-state index contributed by atoms with van der Waals surface area (Å²) in [5.41, 5.74) is 5.22. The van der Waals surface area contributed by atoms with E-state index in [1.54, 1.807) is 73.8 Å². The Morgan fingerprint density at radius 1 is 1.05 bits per heavy atom. The second kappa shape index (κ2) is 11.2. The largest absolute Gasteiger partial charge is 0.487 e. The van der Waals surface area contributed by atoms with E-state index in [9.17, 15) is 18.1 Å². The van der Waals surface area contributed by atoms with Crippen LogP contribution in [-0.2, 0) is 29.9 Å². The number of rotatable bonds is 9. The fraction of sp³-hybridized carbons (Fsp3) is 0.143. The number of nitrogens with one attached hydrogen (secondary N) is 1. The molecule has 4 rings (SSSR count). The van der Waals surface area contributed by atoms with Gasteiger partial charge in [-0.05, 0) is 53.9 Å². The van der Waals surface area contributed by atoms with Gasteiger partial charge in [-0.3, -0.25) is 9.54 Å². The van der Waals surface area contributed by atoms with Gasteiger partial charge < -0.3 is 15.2 Å². The first-order valence-electron chi connectivity index (χ1n) is 11.4. The predicted octanol–water partition coefficient (Wildman–Crippen LogP) is 4.86. The molecule has 0 radical (unpaired) electrons. The van der Waals surface area contributed by atoms with E-state index in [4.69, 9.17) is 10.00 Å². The molecule has 0 amide bonds. The highest BCUT2D eigenvalue weighted by atomic mass is 32.2. The molecule has 0 saturated heterocycles. The molecule has 4 aromatic rings. The van der Waals surface area contributed by atoms with Crippen LogP contribution in [0.3, 0.4) is 0 Å². The zero-order chi connectivity index (χ0) is 26.4. The molecule has 1 aromatic heterocycles. The second-order valence-electron chi connectivity index (χ2n) is 8.34. The molecule has 0 saturated carbocycles. The predicted molar refractivity (Wildman–Crippen MR) is 139 cm³/mol. The van der Waals surface area contributed by atoms with Crippen molar-refractivity contribution in [3.8, 4) is 22.9 Å². The number of hydrogen-bond donors (Lipinski definition) is 3. The standard InChI is InChI=1S/C28H25N3O5S/c1-19-28(36-18-21-6-4-5-20(13-21)14-29)26(17-32)23(15-30-19)16-31-24-11-9-22(10-12-24)25-7-2-3-8-27(25)37(33,34)35/h2-13,15,31-32H,16-18H2,1H3,(H,33,34,35). The molecule has 0 unspecified atom stereocenters. The Morgan fingerprint density at radius 3 is 2.51 bits per heavy atom. The van der Waals surface area contributed by atoms with E-state index >= 15 is 0 Å². The fourth-order valence-electron chi connectivity index (χ4n) is 3.97. The lowest BCUT2D eigenvalue weighted by Crippen LogP contribution is -2.09. The van der Waals surface area contributed by atoms with Gasteiger partial charge in [-0.2, -0.15) is 13.7 Å². The first-order chi connectivity index (χ1) is 17.8. The summed E-state index contributed by atoms with van der Waals surface area (Å²) < 4.78 is 39.0. The van der Waals surface area contributed by atoms with E-state index in [1.165, 1.54) is 6.07 Å². The molecule has 8 nitrogen and oxygen atoms in total. The van der Waals surface area contributed by atoms with Crippen molar-refractivity contribution in [3.63, 3.8) is 0 Å². The first-order valence-corrected chi connectivity index (χ1v) is 12.8. The molecule has 0 aliphatic carbocycles. The highest BCUT2D eigenvalue weighted by Crippen LogP contribution is 2.30. The lowest BCUT2D eigenvalue weighted by Gasteiger charge is -2.17. The van der Waals surface area contributed by atoms with Gasteiger partial charge in [0.15, 0.2) is 0 Å². The lowest BCUT2D eigenvalue weighted by molar-refractivity contribution is 0.256. The van der Waals surface area contributed by atoms with Crippen molar-refractivity contribution in [2.75, 3.05) is 5.32 Å². The van der Waals surface area contributed by atoms with Crippen molar-refractivity contribution >= 4 is 15.8 Å². The molecular weight excluding hydrogens is 490 g/mol. The molecule has 37 heavy (non-hydrogen) atoms. The smallest absolute Gasteiger partial charge is 0.295 e. The number of nitrogens with zero attached hydrogens (tertiary/aromatic N) is 2. The van der Waals surface area contributed by atoms with Gasteiger partial charge >= 0.3 is 0 Å². The molecule has 0 fully saturated rings. The highest BCUT2D eigenvalue weighted by Gasteiger charge is 2.16. The van der Waals surface area contributed by atoms with Gasteiger partial charge in [-0.25, -0.2) is 0 Å². The summed E-state index contributed by atoms with van der Waals surface area (Å²) in [5, 5.41) is 22.5. The number of ether oxygens (including phenoxy) is 1. The van der Waals surface area contributed by atoms with Crippen LogP contribution in [0.1, 0.15) is 27.9 Å². The van der Waals surface area contributed by atoms with E-state index in [2.05, 4.69) is 16.4 Å². The van der Waals surface area contributed by atoms with Gasteiger partial charge in [0, 0.05) is 29.6 Å². The summed E-state index contributed by atoms with van der Waals surface area (Å²) in [5.74, 6) is 0.501. The van der Waals surface area contributed by atoms with Crippen LogP contribution >= 0.6 is 0 Å². The van der Waals surface area contributed by atoms with Crippen molar-refractivity contribution < 1.29 is 22.8 Å². The van der Waals surface area contributed by atoms with Gasteiger partial charge in [0.1, 0.15) is 17.3 Å². The van der Waals surface area contributed by atoms with Crippen molar-refractivity contribution in [2.24, 2.45) is 0 Å². The minimum absolute atomic E-state index is 0.152. The summed E-state index contributed by atoms with van der Waals surface area (Å²) in [6, 6.07) is 22.6. The molecule has 9 heteroatoms. The topological polar surface area (TPSA) is 133 Å². The molecule has 0 atom stereocenters. The number of nitriles is 1. The minimum Gasteiger partial charge on any atom is -0.487 e. The van der Waals surface area contributed by atoms with Crippen LogP contribution in [-0.4, -0.2) is 23.1 Å². The average molecular weight is 516 g/mol. The Balaban J connectivity index is 1.50. The van der Waals surface area contributed by atoms with E-state index in [-0.39, 0.29) is 18.1 Å². The molecule has 1 heterocycles. The van der Waals surface area contributed by atoms with Crippen molar-refractivity contribution in [2.45, 2.75) is 31.6 Å². The number of benzene rings is 3. The van der Waals surface area contributed by atoms with Gasteiger partial charge in [0.25, 0.3) is 10.1 Å². The maximum atomic E-state index is 11.7. The molecule has 188 valence electrons. The maximum Gasteiger partial charge on any atom is 0.295 e. The number of pyridine rings is 1. The van der Waals surface area contributed by atoms with Crippen LogP contribution in [0.4, 0.5) is 5.69 Å². The molecular formula is C28H25N3O5S. The molecule has 3 N–H and O–H groups in total. The summed E-state index contributed by atoms with van der Waals surface area (Å²) in [6.07, 6.45) is 1.69. The maximum absolute atomic E-state index is 11.7. The Hall–Kier alpha value is -4.23. The van der Waals surface area contributed by atoms with E-state index in [1.807, 2.05) is 6.07 Å². The summed E-state index contributed by atoms with van der Waals surface area (Å²) in [6.45, 7) is 2.17.